The number of aryl methyl sites for hydroxylation is 1. The van der Waals surface area contributed by atoms with Crippen LogP contribution in [0.2, 0.25) is 0 Å². The SMILES string of the molecule is CCOCCCNC(=O)[C@H](C)Oc1cc(C)ccc1C(C)C. The minimum absolute atomic E-state index is 0.0901. The quantitative estimate of drug-likeness (QED) is 0.711. The maximum atomic E-state index is 12.1. The molecule has 4 heteroatoms. The summed E-state index contributed by atoms with van der Waals surface area (Å²) < 4.78 is 11.1. The van der Waals surface area contributed by atoms with Gasteiger partial charge in [-0.25, -0.2) is 0 Å². The van der Waals surface area contributed by atoms with Crippen LogP contribution < -0.4 is 10.1 Å². The molecule has 0 unspecified atom stereocenters. The van der Waals surface area contributed by atoms with Crippen molar-refractivity contribution in [2.45, 2.75) is 53.1 Å². The normalized spacial score (nSPS) is 12.3. The largest absolute Gasteiger partial charge is 0.481 e. The summed E-state index contributed by atoms with van der Waals surface area (Å²) in [6, 6.07) is 6.14. The number of hydrogen-bond donors (Lipinski definition) is 1. The van der Waals surface area contributed by atoms with E-state index in [0.29, 0.717) is 25.7 Å². The molecule has 124 valence electrons. The van der Waals surface area contributed by atoms with E-state index in [1.807, 2.05) is 19.9 Å². The maximum absolute atomic E-state index is 12.1. The lowest BCUT2D eigenvalue weighted by Gasteiger charge is -2.19. The zero-order valence-corrected chi connectivity index (χ0v) is 14.4. The van der Waals surface area contributed by atoms with Crippen LogP contribution in [0.4, 0.5) is 0 Å². The van der Waals surface area contributed by atoms with Crippen molar-refractivity contribution in [1.29, 1.82) is 0 Å². The van der Waals surface area contributed by atoms with E-state index in [0.717, 1.165) is 23.3 Å². The van der Waals surface area contributed by atoms with Crippen molar-refractivity contribution < 1.29 is 14.3 Å². The second-order valence-electron chi connectivity index (χ2n) is 5.80. The predicted octanol–water partition coefficient (Wildman–Crippen LogP) is 3.43. The average molecular weight is 307 g/mol. The van der Waals surface area contributed by atoms with Gasteiger partial charge >= 0.3 is 0 Å². The molecule has 1 aromatic rings. The molecule has 1 atom stereocenters. The standard InChI is InChI=1S/C18H29NO3/c1-6-21-11-7-10-19-18(20)15(5)22-17-12-14(4)8-9-16(17)13(2)3/h8-9,12-13,15H,6-7,10-11H2,1-5H3,(H,19,20)/t15-/m0/s1. The summed E-state index contributed by atoms with van der Waals surface area (Å²) in [7, 11) is 0. The Labute approximate surface area is 134 Å². The van der Waals surface area contributed by atoms with Gasteiger partial charge in [0, 0.05) is 19.8 Å². The molecule has 22 heavy (non-hydrogen) atoms. The predicted molar refractivity (Wildman–Crippen MR) is 89.5 cm³/mol. The van der Waals surface area contributed by atoms with Gasteiger partial charge in [0.2, 0.25) is 0 Å². The third-order valence-electron chi connectivity index (χ3n) is 3.43. The fraction of sp³-hybridized carbons (Fsp3) is 0.611. The average Bonchev–Trinajstić information content (AvgIpc) is 2.46. The van der Waals surface area contributed by atoms with E-state index >= 15 is 0 Å². The van der Waals surface area contributed by atoms with Gasteiger partial charge in [0.25, 0.3) is 5.91 Å². The minimum Gasteiger partial charge on any atom is -0.481 e. The fourth-order valence-electron chi connectivity index (χ4n) is 2.14. The van der Waals surface area contributed by atoms with Crippen LogP contribution in [0.3, 0.4) is 0 Å². The number of amides is 1. The van der Waals surface area contributed by atoms with Gasteiger partial charge in [-0.05, 0) is 50.3 Å². The third-order valence-corrected chi connectivity index (χ3v) is 3.43. The Bertz CT molecular complexity index is 471. The third kappa shape index (κ3) is 6.06. The summed E-state index contributed by atoms with van der Waals surface area (Å²) in [6.07, 6.45) is 0.306. The van der Waals surface area contributed by atoms with Crippen LogP contribution in [0.15, 0.2) is 18.2 Å². The van der Waals surface area contributed by atoms with Crippen molar-refractivity contribution >= 4 is 5.91 Å². The molecule has 1 N–H and O–H groups in total. The van der Waals surface area contributed by atoms with E-state index < -0.39 is 6.10 Å². The van der Waals surface area contributed by atoms with Crippen molar-refractivity contribution in [1.82, 2.24) is 5.32 Å². The molecule has 0 spiro atoms. The first kappa shape index (κ1) is 18.5. The lowest BCUT2D eigenvalue weighted by molar-refractivity contribution is -0.127. The molecule has 0 bridgehead atoms. The summed E-state index contributed by atoms with van der Waals surface area (Å²) in [5, 5.41) is 2.88. The Morgan fingerprint density at radius 1 is 1.27 bits per heavy atom. The molecule has 0 aliphatic carbocycles. The summed E-state index contributed by atoms with van der Waals surface area (Å²) in [5.74, 6) is 1.07. The highest BCUT2D eigenvalue weighted by atomic mass is 16.5. The lowest BCUT2D eigenvalue weighted by Crippen LogP contribution is -2.37. The minimum atomic E-state index is -0.508. The summed E-state index contributed by atoms with van der Waals surface area (Å²) in [6.45, 7) is 12.0. The fourth-order valence-corrected chi connectivity index (χ4v) is 2.14. The summed E-state index contributed by atoms with van der Waals surface area (Å²) in [4.78, 5) is 12.1. The first-order chi connectivity index (χ1) is 10.5. The molecule has 0 radical (unpaired) electrons. The summed E-state index contributed by atoms with van der Waals surface area (Å²) in [5.41, 5.74) is 2.25. The van der Waals surface area contributed by atoms with Crippen molar-refractivity contribution in [2.24, 2.45) is 0 Å². The number of carbonyl (C=O) groups excluding carboxylic acids is 1. The van der Waals surface area contributed by atoms with E-state index in [1.165, 1.54) is 0 Å². The molecular weight excluding hydrogens is 278 g/mol. The highest BCUT2D eigenvalue weighted by molar-refractivity contribution is 5.80. The Kier molecular flexibility index (Phi) is 7.96. The van der Waals surface area contributed by atoms with Crippen LogP contribution in [-0.2, 0) is 9.53 Å². The molecule has 0 fully saturated rings. The van der Waals surface area contributed by atoms with Gasteiger partial charge in [-0.2, -0.15) is 0 Å². The maximum Gasteiger partial charge on any atom is 0.260 e. The zero-order valence-electron chi connectivity index (χ0n) is 14.4. The molecule has 0 saturated carbocycles. The first-order valence-corrected chi connectivity index (χ1v) is 8.08. The van der Waals surface area contributed by atoms with Crippen molar-refractivity contribution in [2.75, 3.05) is 19.8 Å². The lowest BCUT2D eigenvalue weighted by atomic mass is 10.0. The van der Waals surface area contributed by atoms with Gasteiger partial charge in [0.05, 0.1) is 0 Å². The molecule has 0 heterocycles. The Morgan fingerprint density at radius 3 is 2.64 bits per heavy atom. The molecular formula is C18H29NO3. The van der Waals surface area contributed by atoms with E-state index in [-0.39, 0.29) is 5.91 Å². The molecule has 0 aliphatic rings. The van der Waals surface area contributed by atoms with Crippen LogP contribution >= 0.6 is 0 Å². The topological polar surface area (TPSA) is 47.6 Å². The van der Waals surface area contributed by atoms with Crippen molar-refractivity contribution in [3.8, 4) is 5.75 Å². The van der Waals surface area contributed by atoms with Gasteiger partial charge in [-0.15, -0.1) is 0 Å². The van der Waals surface area contributed by atoms with Crippen LogP contribution in [0, 0.1) is 6.92 Å². The molecule has 1 rings (SSSR count). The Morgan fingerprint density at radius 2 is 2.00 bits per heavy atom. The number of carbonyl (C=O) groups is 1. The van der Waals surface area contributed by atoms with Crippen LogP contribution in [0.25, 0.3) is 0 Å². The van der Waals surface area contributed by atoms with Gasteiger partial charge in [0.1, 0.15) is 5.75 Å². The van der Waals surface area contributed by atoms with Crippen molar-refractivity contribution in [3.63, 3.8) is 0 Å². The van der Waals surface area contributed by atoms with Crippen LogP contribution in [-0.4, -0.2) is 31.8 Å². The van der Waals surface area contributed by atoms with Gasteiger partial charge in [0.15, 0.2) is 6.10 Å². The van der Waals surface area contributed by atoms with Gasteiger partial charge in [-0.3, -0.25) is 4.79 Å². The smallest absolute Gasteiger partial charge is 0.260 e. The molecule has 0 aromatic heterocycles. The number of ether oxygens (including phenoxy) is 2. The van der Waals surface area contributed by atoms with Gasteiger partial charge in [-0.1, -0.05) is 26.0 Å². The molecule has 0 aliphatic heterocycles. The monoisotopic (exact) mass is 307 g/mol. The molecule has 4 nitrogen and oxygen atoms in total. The van der Waals surface area contributed by atoms with Crippen molar-refractivity contribution in [3.05, 3.63) is 29.3 Å². The second-order valence-corrected chi connectivity index (χ2v) is 5.80. The Hall–Kier alpha value is -1.55. The van der Waals surface area contributed by atoms with E-state index in [9.17, 15) is 4.79 Å². The molecule has 1 aromatic carbocycles. The summed E-state index contributed by atoms with van der Waals surface area (Å²) >= 11 is 0. The highest BCUT2D eigenvalue weighted by Gasteiger charge is 2.17. The number of nitrogens with one attached hydrogen (secondary N) is 1. The highest BCUT2D eigenvalue weighted by Crippen LogP contribution is 2.28. The number of rotatable bonds is 9. The first-order valence-electron chi connectivity index (χ1n) is 8.08. The van der Waals surface area contributed by atoms with E-state index in [4.69, 9.17) is 9.47 Å². The number of hydrogen-bond acceptors (Lipinski definition) is 3. The second kappa shape index (κ2) is 9.46. The zero-order chi connectivity index (χ0) is 16.5. The van der Waals surface area contributed by atoms with Crippen LogP contribution in [0.5, 0.6) is 5.75 Å². The van der Waals surface area contributed by atoms with Gasteiger partial charge < -0.3 is 14.8 Å². The molecule has 1 amide bonds. The molecule has 0 saturated heterocycles. The van der Waals surface area contributed by atoms with E-state index in [1.54, 1.807) is 6.92 Å². The number of benzene rings is 1. The van der Waals surface area contributed by atoms with E-state index in [2.05, 4.69) is 31.3 Å². The Balaban J connectivity index is 2.55. The van der Waals surface area contributed by atoms with Crippen LogP contribution in [0.1, 0.15) is 51.2 Å².